The predicted octanol–water partition coefficient (Wildman–Crippen LogP) is 0.891. The van der Waals surface area contributed by atoms with Crippen molar-refractivity contribution in [2.75, 3.05) is 7.05 Å². The quantitative estimate of drug-likeness (QED) is 0.706. The minimum atomic E-state index is -1.04. The van der Waals surface area contributed by atoms with E-state index in [0.717, 1.165) is 11.3 Å². The van der Waals surface area contributed by atoms with E-state index in [0.29, 0.717) is 12.8 Å². The molecule has 1 rings (SSSR count). The van der Waals surface area contributed by atoms with Gasteiger partial charge in [-0.15, -0.1) is 0 Å². The molecule has 4 amide bonds. The Morgan fingerprint density at radius 3 is 2.33 bits per heavy atom. The van der Waals surface area contributed by atoms with E-state index >= 15 is 0 Å². The largest absolute Gasteiger partial charge is 0.330 e. The van der Waals surface area contributed by atoms with Crippen LogP contribution >= 0.6 is 0 Å². The Hall–Kier alpha value is -1.39. The number of carbonyl (C=O) groups excluding carboxylic acids is 3. The number of carbonyl (C=O) groups is 3. The van der Waals surface area contributed by atoms with Crippen LogP contribution in [0.2, 0.25) is 0 Å². The van der Waals surface area contributed by atoms with Crippen LogP contribution in [0.15, 0.2) is 0 Å². The Morgan fingerprint density at radius 2 is 1.87 bits per heavy atom. The van der Waals surface area contributed by atoms with E-state index in [1.54, 1.807) is 6.92 Å². The highest BCUT2D eigenvalue weighted by atomic mass is 16.2. The molecule has 0 bridgehead atoms. The van der Waals surface area contributed by atoms with Gasteiger partial charge in [-0.05, 0) is 12.8 Å². The van der Waals surface area contributed by atoms with Gasteiger partial charge in [0, 0.05) is 7.05 Å². The number of rotatable bonds is 3. The highest BCUT2D eigenvalue weighted by Gasteiger charge is 2.50. The minimum absolute atomic E-state index is 0.388. The third-order valence-electron chi connectivity index (χ3n) is 2.95. The second kappa shape index (κ2) is 4.00. The lowest BCUT2D eigenvalue weighted by Gasteiger charge is -2.37. The van der Waals surface area contributed by atoms with Crippen molar-refractivity contribution >= 4 is 17.8 Å². The number of amides is 4. The third kappa shape index (κ3) is 1.62. The van der Waals surface area contributed by atoms with Gasteiger partial charge in [-0.1, -0.05) is 20.3 Å². The summed E-state index contributed by atoms with van der Waals surface area (Å²) in [6.45, 7) is 3.70. The molecule has 0 aromatic heterocycles. The lowest BCUT2D eigenvalue weighted by molar-refractivity contribution is -0.151. The number of hydrogen-bond donors (Lipinski definition) is 1. The molecule has 0 aromatic carbocycles. The maximum Gasteiger partial charge on any atom is 0.330 e. The maximum atomic E-state index is 11.9. The van der Waals surface area contributed by atoms with Gasteiger partial charge in [0.05, 0.1) is 0 Å². The first kappa shape index (κ1) is 11.7. The highest BCUT2D eigenvalue weighted by molar-refractivity contribution is 6.18. The van der Waals surface area contributed by atoms with Crippen molar-refractivity contribution in [2.24, 2.45) is 5.41 Å². The Balaban J connectivity index is 3.09. The first-order valence-corrected chi connectivity index (χ1v) is 5.13. The van der Waals surface area contributed by atoms with Gasteiger partial charge in [0.15, 0.2) is 0 Å². The molecule has 1 saturated heterocycles. The molecule has 0 radical (unpaired) electrons. The number of barbiturate groups is 1. The lowest BCUT2D eigenvalue weighted by Crippen LogP contribution is -2.62. The van der Waals surface area contributed by atoms with Crippen LogP contribution in [0.5, 0.6) is 0 Å². The molecule has 1 N–H and O–H groups in total. The Morgan fingerprint density at radius 1 is 1.27 bits per heavy atom. The Kier molecular flexibility index (Phi) is 3.12. The van der Waals surface area contributed by atoms with Crippen molar-refractivity contribution < 1.29 is 14.4 Å². The Bertz CT molecular complexity index is 314. The molecule has 84 valence electrons. The van der Waals surface area contributed by atoms with Crippen molar-refractivity contribution in [1.82, 2.24) is 10.2 Å². The van der Waals surface area contributed by atoms with Gasteiger partial charge in [-0.25, -0.2) is 4.79 Å². The summed E-state index contributed by atoms with van der Waals surface area (Å²) >= 11 is 0. The molecule has 1 heterocycles. The molecule has 1 atom stereocenters. The summed E-state index contributed by atoms with van der Waals surface area (Å²) in [5.41, 5.74) is -1.04. The van der Waals surface area contributed by atoms with Crippen LogP contribution in [-0.2, 0) is 9.59 Å². The van der Waals surface area contributed by atoms with Crippen LogP contribution in [0.4, 0.5) is 4.79 Å². The summed E-state index contributed by atoms with van der Waals surface area (Å²) in [4.78, 5) is 35.8. The fourth-order valence-electron chi connectivity index (χ4n) is 1.95. The Labute approximate surface area is 88.8 Å². The smallest absolute Gasteiger partial charge is 0.277 e. The summed E-state index contributed by atoms with van der Waals surface area (Å²) in [6, 6.07) is -0.634. The van der Waals surface area contributed by atoms with Crippen LogP contribution in [-0.4, -0.2) is 29.8 Å². The predicted molar refractivity (Wildman–Crippen MR) is 53.9 cm³/mol. The summed E-state index contributed by atoms with van der Waals surface area (Å²) < 4.78 is 0. The minimum Gasteiger partial charge on any atom is -0.277 e. The molecule has 5 nitrogen and oxygen atoms in total. The molecule has 0 aromatic rings. The molecule has 1 fully saturated rings. The van der Waals surface area contributed by atoms with E-state index in [1.807, 2.05) is 6.92 Å². The zero-order valence-corrected chi connectivity index (χ0v) is 9.29. The molecule has 1 aliphatic rings. The number of hydrogen-bond acceptors (Lipinski definition) is 3. The number of nitrogens with zero attached hydrogens (tertiary/aromatic N) is 1. The van der Waals surface area contributed by atoms with Crippen molar-refractivity contribution in [3.05, 3.63) is 0 Å². The fraction of sp³-hybridized carbons (Fsp3) is 0.700. The second-order valence-corrected chi connectivity index (χ2v) is 3.81. The molecular weight excluding hydrogens is 196 g/mol. The first-order chi connectivity index (χ1) is 6.99. The summed E-state index contributed by atoms with van der Waals surface area (Å²) in [7, 11) is 1.39. The van der Waals surface area contributed by atoms with Crippen LogP contribution in [0.25, 0.3) is 0 Å². The molecule has 0 aliphatic carbocycles. The van der Waals surface area contributed by atoms with Gasteiger partial charge < -0.3 is 0 Å². The molecule has 0 spiro atoms. The number of imide groups is 2. The summed E-state index contributed by atoms with van der Waals surface area (Å²) in [5, 5.41) is 2.21. The average molecular weight is 212 g/mol. The zero-order valence-electron chi connectivity index (χ0n) is 9.29. The summed E-state index contributed by atoms with van der Waals surface area (Å²) in [6.07, 6.45) is 1.63. The zero-order chi connectivity index (χ0) is 11.6. The van der Waals surface area contributed by atoms with Gasteiger partial charge in [0.1, 0.15) is 5.41 Å². The standard InChI is InChI=1S/C10H16N2O3/c1-4-6-10(5-2)7(13)11-9(15)12(3)8(10)14/h4-6H2,1-3H3,(H,11,13,15)/t10-/m0/s1. The van der Waals surface area contributed by atoms with Crippen LogP contribution < -0.4 is 5.32 Å². The normalized spacial score (nSPS) is 26.9. The van der Waals surface area contributed by atoms with Crippen LogP contribution in [0.3, 0.4) is 0 Å². The van der Waals surface area contributed by atoms with Crippen LogP contribution in [0, 0.1) is 5.41 Å². The van der Waals surface area contributed by atoms with Gasteiger partial charge in [-0.2, -0.15) is 0 Å². The lowest BCUT2D eigenvalue weighted by atomic mass is 9.77. The van der Waals surface area contributed by atoms with Crippen molar-refractivity contribution in [3.63, 3.8) is 0 Å². The fourth-order valence-corrected chi connectivity index (χ4v) is 1.95. The molecule has 0 saturated carbocycles. The number of urea groups is 1. The topological polar surface area (TPSA) is 66.5 Å². The van der Waals surface area contributed by atoms with Gasteiger partial charge in [0.2, 0.25) is 11.8 Å². The third-order valence-corrected chi connectivity index (χ3v) is 2.95. The van der Waals surface area contributed by atoms with Crippen molar-refractivity contribution in [2.45, 2.75) is 33.1 Å². The van der Waals surface area contributed by atoms with Gasteiger partial charge in [0.25, 0.3) is 0 Å². The van der Waals surface area contributed by atoms with E-state index < -0.39 is 17.4 Å². The van der Waals surface area contributed by atoms with E-state index in [1.165, 1.54) is 7.05 Å². The molecular formula is C10H16N2O3. The van der Waals surface area contributed by atoms with Crippen LogP contribution in [0.1, 0.15) is 33.1 Å². The average Bonchev–Trinajstić information content (AvgIpc) is 2.21. The van der Waals surface area contributed by atoms with E-state index in [-0.39, 0.29) is 5.91 Å². The van der Waals surface area contributed by atoms with E-state index in [9.17, 15) is 14.4 Å². The monoisotopic (exact) mass is 212 g/mol. The highest BCUT2D eigenvalue weighted by Crippen LogP contribution is 2.33. The van der Waals surface area contributed by atoms with Gasteiger partial charge in [-0.3, -0.25) is 19.8 Å². The van der Waals surface area contributed by atoms with Gasteiger partial charge >= 0.3 is 6.03 Å². The molecule has 15 heavy (non-hydrogen) atoms. The molecule has 1 aliphatic heterocycles. The summed E-state index contributed by atoms with van der Waals surface area (Å²) in [5.74, 6) is -0.847. The maximum absolute atomic E-state index is 11.9. The molecule has 5 heteroatoms. The van der Waals surface area contributed by atoms with Crippen molar-refractivity contribution in [3.8, 4) is 0 Å². The second-order valence-electron chi connectivity index (χ2n) is 3.81. The van der Waals surface area contributed by atoms with Crippen molar-refractivity contribution in [1.29, 1.82) is 0 Å². The van der Waals surface area contributed by atoms with E-state index in [2.05, 4.69) is 5.32 Å². The SMILES string of the molecule is CCC[C@@]1(CC)C(=O)NC(=O)N(C)C1=O. The van der Waals surface area contributed by atoms with E-state index in [4.69, 9.17) is 0 Å². The molecule has 0 unspecified atom stereocenters. The number of nitrogens with one attached hydrogen (secondary N) is 1. The first-order valence-electron chi connectivity index (χ1n) is 5.13.